The van der Waals surface area contributed by atoms with Crippen molar-refractivity contribution in [3.05, 3.63) is 34.1 Å². The Morgan fingerprint density at radius 3 is 2.93 bits per heavy atom. The SMILES string of the molecule is CCn1[nH]c(=O)c2c(C=O)cccc21. The number of nitrogens with one attached hydrogen (secondary N) is 1. The molecule has 0 aliphatic rings. The van der Waals surface area contributed by atoms with E-state index in [4.69, 9.17) is 0 Å². The molecule has 1 aromatic heterocycles. The van der Waals surface area contributed by atoms with Crippen LogP contribution >= 0.6 is 0 Å². The lowest BCUT2D eigenvalue weighted by atomic mass is 10.1. The molecule has 4 heteroatoms. The normalized spacial score (nSPS) is 10.6. The Balaban J connectivity index is 2.95. The topological polar surface area (TPSA) is 54.9 Å². The lowest BCUT2D eigenvalue weighted by Crippen LogP contribution is -2.04. The summed E-state index contributed by atoms with van der Waals surface area (Å²) in [6, 6.07) is 5.24. The first-order chi connectivity index (χ1) is 6.77. The van der Waals surface area contributed by atoms with Crippen molar-refractivity contribution in [2.75, 3.05) is 0 Å². The maximum atomic E-state index is 11.5. The highest BCUT2D eigenvalue weighted by molar-refractivity contribution is 5.96. The van der Waals surface area contributed by atoms with Crippen LogP contribution in [0.4, 0.5) is 0 Å². The first-order valence-electron chi connectivity index (χ1n) is 4.44. The molecule has 0 spiro atoms. The summed E-state index contributed by atoms with van der Waals surface area (Å²) < 4.78 is 1.73. The van der Waals surface area contributed by atoms with Gasteiger partial charge in [0.15, 0.2) is 6.29 Å². The molecule has 0 fully saturated rings. The molecule has 1 N–H and O–H groups in total. The molecule has 0 radical (unpaired) electrons. The molecular formula is C10H10N2O2. The minimum atomic E-state index is -0.204. The number of H-pyrrole nitrogens is 1. The van der Waals surface area contributed by atoms with Gasteiger partial charge in [-0.2, -0.15) is 0 Å². The maximum absolute atomic E-state index is 11.5. The third kappa shape index (κ3) is 1.08. The highest BCUT2D eigenvalue weighted by atomic mass is 16.1. The number of carbonyl (C=O) groups is 1. The second-order valence-electron chi connectivity index (χ2n) is 3.04. The third-order valence-corrected chi connectivity index (χ3v) is 2.27. The van der Waals surface area contributed by atoms with Gasteiger partial charge in [-0.3, -0.25) is 19.4 Å². The summed E-state index contributed by atoms with van der Waals surface area (Å²) in [5.41, 5.74) is 1.02. The molecule has 4 nitrogen and oxygen atoms in total. The Morgan fingerprint density at radius 2 is 2.29 bits per heavy atom. The lowest BCUT2D eigenvalue weighted by Gasteiger charge is -1.98. The number of aromatic nitrogens is 2. The van der Waals surface area contributed by atoms with E-state index in [0.717, 1.165) is 5.52 Å². The van der Waals surface area contributed by atoms with Crippen LogP contribution in [0.1, 0.15) is 17.3 Å². The molecule has 0 atom stereocenters. The van der Waals surface area contributed by atoms with E-state index in [2.05, 4.69) is 5.10 Å². The van der Waals surface area contributed by atoms with E-state index in [1.165, 1.54) is 0 Å². The molecule has 0 saturated carbocycles. The summed E-state index contributed by atoms with van der Waals surface area (Å²) >= 11 is 0. The minimum absolute atomic E-state index is 0.204. The monoisotopic (exact) mass is 190 g/mol. The van der Waals surface area contributed by atoms with Gasteiger partial charge >= 0.3 is 0 Å². The predicted octanol–water partition coefficient (Wildman–Crippen LogP) is 1.16. The summed E-state index contributed by atoms with van der Waals surface area (Å²) in [4.78, 5) is 22.2. The van der Waals surface area contributed by atoms with Crippen molar-refractivity contribution in [3.8, 4) is 0 Å². The Kier molecular flexibility index (Phi) is 1.96. The molecule has 14 heavy (non-hydrogen) atoms. The molecule has 0 saturated heterocycles. The fraction of sp³-hybridized carbons (Fsp3) is 0.200. The molecule has 2 rings (SSSR count). The van der Waals surface area contributed by atoms with Crippen LogP contribution < -0.4 is 5.56 Å². The Morgan fingerprint density at radius 1 is 1.50 bits per heavy atom. The van der Waals surface area contributed by atoms with Gasteiger partial charge < -0.3 is 0 Å². The number of fused-ring (bicyclic) bond motifs is 1. The van der Waals surface area contributed by atoms with Crippen LogP contribution in [0.25, 0.3) is 10.9 Å². The van der Waals surface area contributed by atoms with Crippen LogP contribution in [-0.2, 0) is 6.54 Å². The van der Waals surface area contributed by atoms with Crippen LogP contribution in [0.15, 0.2) is 23.0 Å². The van der Waals surface area contributed by atoms with Crippen LogP contribution in [0.3, 0.4) is 0 Å². The number of nitrogens with zero attached hydrogens (tertiary/aromatic N) is 1. The van der Waals surface area contributed by atoms with Crippen molar-refractivity contribution in [2.45, 2.75) is 13.5 Å². The number of benzene rings is 1. The number of aryl methyl sites for hydroxylation is 1. The smallest absolute Gasteiger partial charge is 0.272 e. The summed E-state index contributed by atoms with van der Waals surface area (Å²) in [6.07, 6.45) is 0.706. The summed E-state index contributed by atoms with van der Waals surface area (Å²) in [6.45, 7) is 2.62. The van der Waals surface area contributed by atoms with E-state index in [9.17, 15) is 9.59 Å². The average molecular weight is 190 g/mol. The molecule has 0 unspecified atom stereocenters. The number of hydrogen-bond acceptors (Lipinski definition) is 2. The number of hydrogen-bond donors (Lipinski definition) is 1. The van der Waals surface area contributed by atoms with Crippen LogP contribution in [0, 0.1) is 0 Å². The highest BCUT2D eigenvalue weighted by Gasteiger charge is 2.08. The first-order valence-corrected chi connectivity index (χ1v) is 4.44. The molecule has 0 amide bonds. The van der Waals surface area contributed by atoms with E-state index in [-0.39, 0.29) is 5.56 Å². The van der Waals surface area contributed by atoms with Crippen LogP contribution in [-0.4, -0.2) is 16.1 Å². The van der Waals surface area contributed by atoms with Gasteiger partial charge in [-0.1, -0.05) is 12.1 Å². The predicted molar refractivity (Wildman–Crippen MR) is 53.6 cm³/mol. The number of aldehydes is 1. The maximum Gasteiger partial charge on any atom is 0.272 e. The second kappa shape index (κ2) is 3.14. The summed E-state index contributed by atoms with van der Waals surface area (Å²) in [5.74, 6) is 0. The van der Waals surface area contributed by atoms with E-state index in [1.807, 2.05) is 13.0 Å². The van der Waals surface area contributed by atoms with Gasteiger partial charge in [-0.15, -0.1) is 0 Å². The van der Waals surface area contributed by atoms with Gasteiger partial charge in [0.2, 0.25) is 0 Å². The molecule has 0 bridgehead atoms. The van der Waals surface area contributed by atoms with E-state index in [0.29, 0.717) is 23.8 Å². The highest BCUT2D eigenvalue weighted by Crippen LogP contribution is 2.12. The third-order valence-electron chi connectivity index (χ3n) is 2.27. The zero-order valence-electron chi connectivity index (χ0n) is 7.78. The van der Waals surface area contributed by atoms with Gasteiger partial charge in [0.1, 0.15) is 0 Å². The molecule has 1 heterocycles. The molecule has 0 aliphatic heterocycles. The second-order valence-corrected chi connectivity index (χ2v) is 3.04. The fourth-order valence-corrected chi connectivity index (χ4v) is 1.62. The number of carbonyl (C=O) groups excluding carboxylic acids is 1. The Hall–Kier alpha value is -1.84. The fourth-order valence-electron chi connectivity index (χ4n) is 1.62. The molecule has 72 valence electrons. The molecule has 2 aromatic rings. The average Bonchev–Trinajstić information content (AvgIpc) is 2.55. The van der Waals surface area contributed by atoms with Crippen LogP contribution in [0.5, 0.6) is 0 Å². The van der Waals surface area contributed by atoms with Crippen molar-refractivity contribution in [1.29, 1.82) is 0 Å². The van der Waals surface area contributed by atoms with E-state index in [1.54, 1.807) is 16.8 Å². The van der Waals surface area contributed by atoms with Crippen molar-refractivity contribution >= 4 is 17.2 Å². The largest absolute Gasteiger partial charge is 0.298 e. The molecule has 0 aliphatic carbocycles. The van der Waals surface area contributed by atoms with Crippen molar-refractivity contribution in [1.82, 2.24) is 9.78 Å². The van der Waals surface area contributed by atoms with Gasteiger partial charge in [-0.05, 0) is 13.0 Å². The number of rotatable bonds is 2. The van der Waals surface area contributed by atoms with Gasteiger partial charge in [0, 0.05) is 12.1 Å². The Bertz CT molecular complexity index is 537. The van der Waals surface area contributed by atoms with Crippen molar-refractivity contribution in [2.24, 2.45) is 0 Å². The van der Waals surface area contributed by atoms with Gasteiger partial charge in [0.25, 0.3) is 5.56 Å². The number of aromatic amines is 1. The summed E-state index contributed by atoms with van der Waals surface area (Å²) in [5, 5.41) is 3.16. The van der Waals surface area contributed by atoms with Crippen molar-refractivity contribution in [3.63, 3.8) is 0 Å². The van der Waals surface area contributed by atoms with Gasteiger partial charge in [-0.25, -0.2) is 0 Å². The lowest BCUT2D eigenvalue weighted by molar-refractivity contribution is 0.112. The van der Waals surface area contributed by atoms with E-state index < -0.39 is 0 Å². The standard InChI is InChI=1S/C10H10N2O2/c1-2-12-8-5-3-4-7(6-13)9(8)10(14)11-12/h3-6H,2H2,1H3,(H,11,14). The zero-order valence-corrected chi connectivity index (χ0v) is 7.78. The van der Waals surface area contributed by atoms with Crippen molar-refractivity contribution < 1.29 is 4.79 Å². The molecule has 1 aromatic carbocycles. The van der Waals surface area contributed by atoms with Crippen LogP contribution in [0.2, 0.25) is 0 Å². The Labute approximate surface area is 80.1 Å². The quantitative estimate of drug-likeness (QED) is 0.722. The zero-order chi connectivity index (χ0) is 10.1. The van der Waals surface area contributed by atoms with E-state index >= 15 is 0 Å². The van der Waals surface area contributed by atoms with Gasteiger partial charge in [0.05, 0.1) is 10.9 Å². The molecular weight excluding hydrogens is 180 g/mol. The minimum Gasteiger partial charge on any atom is -0.298 e. The first kappa shape index (κ1) is 8.74. The summed E-state index contributed by atoms with van der Waals surface area (Å²) in [7, 11) is 0.